The monoisotopic (exact) mass is 234 g/mol. The van der Waals surface area contributed by atoms with Crippen molar-refractivity contribution in [1.29, 1.82) is 0 Å². The van der Waals surface area contributed by atoms with Gasteiger partial charge in [0, 0.05) is 13.6 Å². The van der Waals surface area contributed by atoms with Crippen molar-refractivity contribution < 1.29 is 9.53 Å². The maximum atomic E-state index is 11.5. The van der Waals surface area contributed by atoms with Crippen LogP contribution in [-0.4, -0.2) is 26.7 Å². The van der Waals surface area contributed by atoms with Gasteiger partial charge in [-0.25, -0.2) is 4.79 Å². The number of esters is 1. The minimum atomic E-state index is -0.328. The van der Waals surface area contributed by atoms with E-state index < -0.39 is 0 Å². The van der Waals surface area contributed by atoms with E-state index in [4.69, 9.17) is 10.5 Å². The third-order valence-electron chi connectivity index (χ3n) is 3.09. The van der Waals surface area contributed by atoms with Crippen LogP contribution in [-0.2, 0) is 4.74 Å². The molecular weight excluding hydrogens is 216 g/mol. The van der Waals surface area contributed by atoms with Gasteiger partial charge in [-0.1, -0.05) is 0 Å². The number of carbonyl (C=O) groups excluding carboxylic acids is 1. The van der Waals surface area contributed by atoms with Gasteiger partial charge in [0.2, 0.25) is 0 Å². The van der Waals surface area contributed by atoms with E-state index in [2.05, 4.69) is 4.90 Å². The third-order valence-corrected chi connectivity index (χ3v) is 3.09. The van der Waals surface area contributed by atoms with Crippen LogP contribution in [0, 0.1) is 5.92 Å². The van der Waals surface area contributed by atoms with Crippen LogP contribution in [0.5, 0.6) is 0 Å². The summed E-state index contributed by atoms with van der Waals surface area (Å²) in [4.78, 5) is 13.6. The van der Waals surface area contributed by atoms with E-state index >= 15 is 0 Å². The van der Waals surface area contributed by atoms with Crippen molar-refractivity contribution in [3.05, 3.63) is 23.8 Å². The van der Waals surface area contributed by atoms with Gasteiger partial charge in [-0.3, -0.25) is 0 Å². The molecule has 0 heterocycles. The van der Waals surface area contributed by atoms with Crippen LogP contribution >= 0.6 is 0 Å². The Labute approximate surface area is 101 Å². The molecule has 1 aromatic carbocycles. The van der Waals surface area contributed by atoms with Gasteiger partial charge in [0.15, 0.2) is 0 Å². The molecule has 0 aliphatic heterocycles. The first-order valence-electron chi connectivity index (χ1n) is 5.80. The molecule has 1 aliphatic carbocycles. The molecule has 0 spiro atoms. The number of nitrogen functional groups attached to an aromatic ring is 1. The van der Waals surface area contributed by atoms with Crippen molar-refractivity contribution in [3.8, 4) is 0 Å². The summed E-state index contributed by atoms with van der Waals surface area (Å²) < 4.78 is 4.71. The van der Waals surface area contributed by atoms with Crippen molar-refractivity contribution >= 4 is 17.3 Å². The summed E-state index contributed by atoms with van der Waals surface area (Å²) in [6.45, 7) is 0.995. The second kappa shape index (κ2) is 4.65. The van der Waals surface area contributed by atoms with Gasteiger partial charge >= 0.3 is 5.97 Å². The lowest BCUT2D eigenvalue weighted by atomic mass is 10.1. The van der Waals surface area contributed by atoms with Crippen molar-refractivity contribution in [1.82, 2.24) is 0 Å². The maximum Gasteiger partial charge on any atom is 0.337 e. The van der Waals surface area contributed by atoms with E-state index in [0.717, 1.165) is 18.2 Å². The van der Waals surface area contributed by atoms with Crippen LogP contribution in [0.2, 0.25) is 0 Å². The van der Waals surface area contributed by atoms with Crippen LogP contribution in [0.25, 0.3) is 0 Å². The number of anilines is 2. The number of hydrogen-bond acceptors (Lipinski definition) is 4. The summed E-state index contributed by atoms with van der Waals surface area (Å²) in [5, 5.41) is 0. The zero-order chi connectivity index (χ0) is 12.4. The quantitative estimate of drug-likeness (QED) is 0.638. The lowest BCUT2D eigenvalue weighted by Gasteiger charge is -2.21. The molecule has 92 valence electrons. The minimum Gasteiger partial charge on any atom is -0.465 e. The molecule has 1 saturated carbocycles. The second-order valence-corrected chi connectivity index (χ2v) is 4.59. The standard InChI is InChI=1S/C13H18N2O2/c1-15(8-9-3-4-9)12-7-10(13(16)17-2)5-6-11(12)14/h5-7,9H,3-4,8,14H2,1-2H3. The molecule has 1 fully saturated rings. The van der Waals surface area contributed by atoms with Gasteiger partial charge < -0.3 is 15.4 Å². The van der Waals surface area contributed by atoms with Gasteiger partial charge in [0.1, 0.15) is 0 Å². The molecule has 0 bridgehead atoms. The molecule has 4 nitrogen and oxygen atoms in total. The Kier molecular flexibility index (Phi) is 3.22. The summed E-state index contributed by atoms with van der Waals surface area (Å²) in [7, 11) is 3.39. The molecule has 2 N–H and O–H groups in total. The summed E-state index contributed by atoms with van der Waals surface area (Å²) in [6.07, 6.45) is 2.59. The number of benzene rings is 1. The van der Waals surface area contributed by atoms with Gasteiger partial charge in [-0.15, -0.1) is 0 Å². The molecule has 1 aliphatic rings. The molecule has 1 aromatic rings. The van der Waals surface area contributed by atoms with Gasteiger partial charge in [-0.05, 0) is 37.0 Å². The number of nitrogens with two attached hydrogens (primary N) is 1. The Morgan fingerprint density at radius 2 is 2.24 bits per heavy atom. The Bertz CT molecular complexity index is 427. The summed E-state index contributed by atoms with van der Waals surface area (Å²) in [5.74, 6) is 0.451. The molecular formula is C13H18N2O2. The molecule has 0 unspecified atom stereocenters. The fourth-order valence-corrected chi connectivity index (χ4v) is 1.91. The van der Waals surface area contributed by atoms with Crippen LogP contribution in [0.15, 0.2) is 18.2 Å². The van der Waals surface area contributed by atoms with Crippen LogP contribution in [0.4, 0.5) is 11.4 Å². The zero-order valence-electron chi connectivity index (χ0n) is 10.3. The van der Waals surface area contributed by atoms with Gasteiger partial charge in [-0.2, -0.15) is 0 Å². The first kappa shape index (κ1) is 11.8. The van der Waals surface area contributed by atoms with Crippen molar-refractivity contribution in [3.63, 3.8) is 0 Å². The molecule has 2 rings (SSSR count). The normalized spacial score (nSPS) is 14.5. The van der Waals surface area contributed by atoms with Crippen LogP contribution in [0.1, 0.15) is 23.2 Å². The fourth-order valence-electron chi connectivity index (χ4n) is 1.91. The first-order chi connectivity index (χ1) is 8.11. The number of nitrogens with zero attached hydrogens (tertiary/aromatic N) is 1. The highest BCUT2D eigenvalue weighted by Crippen LogP contribution is 2.32. The Hall–Kier alpha value is -1.71. The van der Waals surface area contributed by atoms with Crippen molar-refractivity contribution in [2.75, 3.05) is 31.3 Å². The van der Waals surface area contributed by atoms with E-state index in [-0.39, 0.29) is 5.97 Å². The molecule has 0 atom stereocenters. The largest absolute Gasteiger partial charge is 0.465 e. The predicted octanol–water partition coefficient (Wildman–Crippen LogP) is 1.90. The summed E-state index contributed by atoms with van der Waals surface area (Å²) >= 11 is 0. The third kappa shape index (κ3) is 2.70. The molecule has 0 aromatic heterocycles. The van der Waals surface area contributed by atoms with Crippen molar-refractivity contribution in [2.45, 2.75) is 12.8 Å². The highest BCUT2D eigenvalue weighted by Gasteiger charge is 2.23. The van der Waals surface area contributed by atoms with E-state index in [1.165, 1.54) is 20.0 Å². The highest BCUT2D eigenvalue weighted by atomic mass is 16.5. The van der Waals surface area contributed by atoms with Crippen molar-refractivity contribution in [2.24, 2.45) is 5.92 Å². The number of rotatable bonds is 4. The molecule has 0 saturated heterocycles. The SMILES string of the molecule is COC(=O)c1ccc(N)c(N(C)CC2CC2)c1. The number of methoxy groups -OCH3 is 1. The number of hydrogen-bond donors (Lipinski definition) is 1. The lowest BCUT2D eigenvalue weighted by Crippen LogP contribution is -2.21. The fraction of sp³-hybridized carbons (Fsp3) is 0.462. The van der Waals surface area contributed by atoms with E-state index in [1.54, 1.807) is 18.2 Å². The zero-order valence-corrected chi connectivity index (χ0v) is 10.3. The number of ether oxygens (including phenoxy) is 1. The summed E-state index contributed by atoms with van der Waals surface area (Å²) in [6, 6.07) is 5.24. The predicted molar refractivity (Wildman–Crippen MR) is 68.2 cm³/mol. The molecule has 0 amide bonds. The smallest absolute Gasteiger partial charge is 0.337 e. The Morgan fingerprint density at radius 3 is 2.82 bits per heavy atom. The van der Waals surface area contributed by atoms with E-state index in [9.17, 15) is 4.79 Å². The average molecular weight is 234 g/mol. The Balaban J connectivity index is 2.21. The topological polar surface area (TPSA) is 55.6 Å². The minimum absolute atomic E-state index is 0.328. The maximum absolute atomic E-state index is 11.5. The van der Waals surface area contributed by atoms with Crippen LogP contribution in [0.3, 0.4) is 0 Å². The van der Waals surface area contributed by atoms with E-state index in [0.29, 0.717) is 11.3 Å². The average Bonchev–Trinajstić information content (AvgIpc) is 3.12. The highest BCUT2D eigenvalue weighted by molar-refractivity contribution is 5.92. The lowest BCUT2D eigenvalue weighted by molar-refractivity contribution is 0.0601. The summed E-state index contributed by atoms with van der Waals surface area (Å²) in [5.41, 5.74) is 8.07. The molecule has 0 radical (unpaired) electrons. The Morgan fingerprint density at radius 1 is 1.53 bits per heavy atom. The van der Waals surface area contributed by atoms with Gasteiger partial charge in [0.05, 0.1) is 24.0 Å². The molecule has 17 heavy (non-hydrogen) atoms. The van der Waals surface area contributed by atoms with Crippen LogP contribution < -0.4 is 10.6 Å². The van der Waals surface area contributed by atoms with E-state index in [1.807, 2.05) is 7.05 Å². The first-order valence-corrected chi connectivity index (χ1v) is 5.80. The number of carbonyl (C=O) groups is 1. The second-order valence-electron chi connectivity index (χ2n) is 4.59. The molecule has 4 heteroatoms. The van der Waals surface area contributed by atoms with Gasteiger partial charge in [0.25, 0.3) is 0 Å².